The SMILES string of the molecule is CCCC1CCN(C[C@@H]2CNC[C@H]2C)C1. The molecule has 0 radical (unpaired) electrons. The molecule has 88 valence electrons. The lowest BCUT2D eigenvalue weighted by atomic mass is 9.97. The Morgan fingerprint density at radius 1 is 1.33 bits per heavy atom. The Morgan fingerprint density at radius 2 is 2.20 bits per heavy atom. The lowest BCUT2D eigenvalue weighted by Crippen LogP contribution is -2.30. The van der Waals surface area contributed by atoms with Crippen molar-refractivity contribution < 1.29 is 0 Å². The van der Waals surface area contributed by atoms with Crippen LogP contribution in [-0.2, 0) is 0 Å². The van der Waals surface area contributed by atoms with E-state index in [0.717, 1.165) is 17.8 Å². The third kappa shape index (κ3) is 2.94. The van der Waals surface area contributed by atoms with E-state index in [4.69, 9.17) is 0 Å². The van der Waals surface area contributed by atoms with Crippen LogP contribution in [-0.4, -0.2) is 37.6 Å². The summed E-state index contributed by atoms with van der Waals surface area (Å²) >= 11 is 0. The fourth-order valence-corrected chi connectivity index (χ4v) is 3.16. The van der Waals surface area contributed by atoms with E-state index in [1.807, 2.05) is 0 Å². The normalized spacial score (nSPS) is 37.6. The van der Waals surface area contributed by atoms with Gasteiger partial charge in [-0.05, 0) is 50.2 Å². The van der Waals surface area contributed by atoms with E-state index in [-0.39, 0.29) is 0 Å². The topological polar surface area (TPSA) is 15.3 Å². The van der Waals surface area contributed by atoms with Crippen LogP contribution in [0.3, 0.4) is 0 Å². The molecule has 0 aromatic carbocycles. The van der Waals surface area contributed by atoms with Crippen LogP contribution in [0.15, 0.2) is 0 Å². The Morgan fingerprint density at radius 3 is 2.87 bits per heavy atom. The summed E-state index contributed by atoms with van der Waals surface area (Å²) in [6, 6.07) is 0. The van der Waals surface area contributed by atoms with E-state index in [2.05, 4.69) is 24.1 Å². The average Bonchev–Trinajstić information content (AvgIpc) is 2.79. The maximum absolute atomic E-state index is 3.51. The molecule has 2 heteroatoms. The maximum atomic E-state index is 3.51. The second-order valence-electron chi connectivity index (χ2n) is 5.60. The largest absolute Gasteiger partial charge is 0.316 e. The molecule has 3 atom stereocenters. The summed E-state index contributed by atoms with van der Waals surface area (Å²) in [5, 5.41) is 3.51. The van der Waals surface area contributed by atoms with Gasteiger partial charge in [0.25, 0.3) is 0 Å². The minimum atomic E-state index is 0.884. The van der Waals surface area contributed by atoms with Crippen LogP contribution in [0.4, 0.5) is 0 Å². The van der Waals surface area contributed by atoms with Crippen LogP contribution in [0.5, 0.6) is 0 Å². The van der Waals surface area contributed by atoms with Gasteiger partial charge in [-0.3, -0.25) is 0 Å². The average molecular weight is 210 g/mol. The molecule has 0 saturated carbocycles. The number of hydrogen-bond acceptors (Lipinski definition) is 2. The van der Waals surface area contributed by atoms with Gasteiger partial charge in [0.15, 0.2) is 0 Å². The highest BCUT2D eigenvalue weighted by molar-refractivity contribution is 4.83. The van der Waals surface area contributed by atoms with Crippen LogP contribution in [0.2, 0.25) is 0 Å². The Bertz CT molecular complexity index is 193. The smallest absolute Gasteiger partial charge is 0.00249 e. The molecule has 2 rings (SSSR count). The van der Waals surface area contributed by atoms with E-state index in [9.17, 15) is 0 Å². The van der Waals surface area contributed by atoms with Gasteiger partial charge in [0.05, 0.1) is 0 Å². The third-order valence-electron chi connectivity index (χ3n) is 4.24. The Hall–Kier alpha value is -0.0800. The summed E-state index contributed by atoms with van der Waals surface area (Å²) in [5.41, 5.74) is 0. The third-order valence-corrected chi connectivity index (χ3v) is 4.24. The van der Waals surface area contributed by atoms with Crippen molar-refractivity contribution in [1.82, 2.24) is 10.2 Å². The van der Waals surface area contributed by atoms with Gasteiger partial charge in [-0.25, -0.2) is 0 Å². The van der Waals surface area contributed by atoms with Crippen LogP contribution in [0, 0.1) is 17.8 Å². The van der Waals surface area contributed by atoms with Gasteiger partial charge in [-0.2, -0.15) is 0 Å². The van der Waals surface area contributed by atoms with Crippen molar-refractivity contribution in [2.24, 2.45) is 17.8 Å². The zero-order chi connectivity index (χ0) is 10.7. The molecule has 1 N–H and O–H groups in total. The predicted octanol–water partition coefficient (Wildman–Crippen LogP) is 1.96. The van der Waals surface area contributed by atoms with E-state index in [1.54, 1.807) is 0 Å². The first-order valence-electron chi connectivity index (χ1n) is 6.72. The van der Waals surface area contributed by atoms with Crippen LogP contribution in [0.25, 0.3) is 0 Å². The molecule has 0 aromatic heterocycles. The summed E-state index contributed by atoms with van der Waals surface area (Å²) in [7, 11) is 0. The number of likely N-dealkylation sites (tertiary alicyclic amines) is 1. The first-order valence-corrected chi connectivity index (χ1v) is 6.72. The summed E-state index contributed by atoms with van der Waals surface area (Å²) < 4.78 is 0. The molecule has 1 unspecified atom stereocenters. The first kappa shape index (κ1) is 11.4. The number of rotatable bonds is 4. The molecule has 2 nitrogen and oxygen atoms in total. The molecule has 2 fully saturated rings. The summed E-state index contributed by atoms with van der Waals surface area (Å²) in [4.78, 5) is 2.70. The number of nitrogens with one attached hydrogen (secondary N) is 1. The summed E-state index contributed by atoms with van der Waals surface area (Å²) in [6.07, 6.45) is 4.25. The highest BCUT2D eigenvalue weighted by atomic mass is 15.2. The molecule has 2 aliphatic heterocycles. The second-order valence-corrected chi connectivity index (χ2v) is 5.60. The standard InChI is InChI=1S/C13H26N2/c1-3-4-12-5-6-15(9-12)10-13-8-14-7-11(13)2/h11-14H,3-10H2,1-2H3/t11-,12?,13+/m1/s1. The van der Waals surface area contributed by atoms with E-state index in [0.29, 0.717) is 0 Å². The highest BCUT2D eigenvalue weighted by Gasteiger charge is 2.28. The van der Waals surface area contributed by atoms with Crippen molar-refractivity contribution in [3.63, 3.8) is 0 Å². The van der Waals surface area contributed by atoms with Gasteiger partial charge in [0.1, 0.15) is 0 Å². The molecular formula is C13H26N2. The Balaban J connectivity index is 1.72. The van der Waals surface area contributed by atoms with Crippen molar-refractivity contribution in [3.05, 3.63) is 0 Å². The molecular weight excluding hydrogens is 184 g/mol. The molecule has 2 heterocycles. The molecule has 0 aliphatic carbocycles. The molecule has 0 spiro atoms. The molecule has 0 bridgehead atoms. The fourth-order valence-electron chi connectivity index (χ4n) is 3.16. The van der Waals surface area contributed by atoms with Crippen LogP contribution < -0.4 is 5.32 Å². The molecule has 15 heavy (non-hydrogen) atoms. The molecule has 0 amide bonds. The monoisotopic (exact) mass is 210 g/mol. The minimum Gasteiger partial charge on any atom is -0.316 e. The Kier molecular flexibility index (Phi) is 4.04. The van der Waals surface area contributed by atoms with Gasteiger partial charge in [-0.15, -0.1) is 0 Å². The summed E-state index contributed by atoms with van der Waals surface area (Å²) in [6.45, 7) is 11.3. The van der Waals surface area contributed by atoms with E-state index >= 15 is 0 Å². The van der Waals surface area contributed by atoms with Crippen molar-refractivity contribution in [3.8, 4) is 0 Å². The maximum Gasteiger partial charge on any atom is 0.00249 e. The van der Waals surface area contributed by atoms with Crippen molar-refractivity contribution >= 4 is 0 Å². The number of hydrogen-bond donors (Lipinski definition) is 1. The lowest BCUT2D eigenvalue weighted by molar-refractivity contribution is 0.250. The highest BCUT2D eigenvalue weighted by Crippen LogP contribution is 2.24. The molecule has 2 aliphatic rings. The lowest BCUT2D eigenvalue weighted by Gasteiger charge is -2.22. The first-order chi connectivity index (χ1) is 7.29. The van der Waals surface area contributed by atoms with Gasteiger partial charge in [0, 0.05) is 13.1 Å². The Labute approximate surface area is 94.4 Å². The fraction of sp³-hybridized carbons (Fsp3) is 1.00. The van der Waals surface area contributed by atoms with Crippen molar-refractivity contribution in [2.45, 2.75) is 33.1 Å². The quantitative estimate of drug-likeness (QED) is 0.763. The summed E-state index contributed by atoms with van der Waals surface area (Å²) in [5.74, 6) is 2.79. The second kappa shape index (κ2) is 5.31. The zero-order valence-corrected chi connectivity index (χ0v) is 10.3. The van der Waals surface area contributed by atoms with Gasteiger partial charge >= 0.3 is 0 Å². The van der Waals surface area contributed by atoms with Gasteiger partial charge in [-0.1, -0.05) is 20.3 Å². The van der Waals surface area contributed by atoms with E-state index in [1.165, 1.54) is 52.0 Å². The van der Waals surface area contributed by atoms with Gasteiger partial charge in [0.2, 0.25) is 0 Å². The van der Waals surface area contributed by atoms with Crippen molar-refractivity contribution in [2.75, 3.05) is 32.7 Å². The minimum absolute atomic E-state index is 0.884. The van der Waals surface area contributed by atoms with E-state index < -0.39 is 0 Å². The van der Waals surface area contributed by atoms with Gasteiger partial charge < -0.3 is 10.2 Å². The van der Waals surface area contributed by atoms with Crippen LogP contribution >= 0.6 is 0 Å². The van der Waals surface area contributed by atoms with Crippen molar-refractivity contribution in [1.29, 1.82) is 0 Å². The number of nitrogens with zero attached hydrogens (tertiary/aromatic N) is 1. The van der Waals surface area contributed by atoms with Crippen LogP contribution in [0.1, 0.15) is 33.1 Å². The molecule has 0 aromatic rings. The zero-order valence-electron chi connectivity index (χ0n) is 10.3. The predicted molar refractivity (Wildman–Crippen MR) is 65.0 cm³/mol. The molecule has 2 saturated heterocycles.